The molecule has 1 fully saturated rings. The SMILES string of the molecule is Cc1cc(N)c(C(=O)N2CCC[C@H]2CO)cc1C. The second-order valence-corrected chi connectivity index (χ2v) is 5.00. The average Bonchev–Trinajstić information content (AvgIpc) is 2.81. The number of nitrogen functional groups attached to an aromatic ring is 1. The van der Waals surface area contributed by atoms with E-state index in [2.05, 4.69) is 0 Å². The molecule has 1 aromatic carbocycles. The summed E-state index contributed by atoms with van der Waals surface area (Å²) in [6.07, 6.45) is 1.81. The summed E-state index contributed by atoms with van der Waals surface area (Å²) >= 11 is 0. The second kappa shape index (κ2) is 4.98. The third kappa shape index (κ3) is 2.20. The van der Waals surface area contributed by atoms with Crippen molar-refractivity contribution in [3.8, 4) is 0 Å². The number of aliphatic hydroxyl groups is 1. The number of benzene rings is 1. The number of carbonyl (C=O) groups is 1. The first-order valence-electron chi connectivity index (χ1n) is 6.33. The summed E-state index contributed by atoms with van der Waals surface area (Å²) in [6, 6.07) is 3.63. The van der Waals surface area contributed by atoms with Crippen molar-refractivity contribution in [1.82, 2.24) is 4.90 Å². The van der Waals surface area contributed by atoms with Gasteiger partial charge in [0.1, 0.15) is 0 Å². The van der Waals surface area contributed by atoms with E-state index in [1.165, 1.54) is 0 Å². The molecule has 1 saturated heterocycles. The van der Waals surface area contributed by atoms with Crippen molar-refractivity contribution in [1.29, 1.82) is 0 Å². The lowest BCUT2D eigenvalue weighted by molar-refractivity contribution is 0.0678. The number of nitrogens with two attached hydrogens (primary N) is 1. The maximum absolute atomic E-state index is 12.4. The number of aryl methyl sites for hydroxylation is 2. The van der Waals surface area contributed by atoms with Gasteiger partial charge in [0.25, 0.3) is 5.91 Å². The molecular formula is C14H20N2O2. The molecule has 3 N–H and O–H groups in total. The lowest BCUT2D eigenvalue weighted by Gasteiger charge is -2.24. The Bertz CT molecular complexity index is 471. The van der Waals surface area contributed by atoms with Crippen molar-refractivity contribution in [2.75, 3.05) is 18.9 Å². The van der Waals surface area contributed by atoms with Gasteiger partial charge in [0.2, 0.25) is 0 Å². The minimum Gasteiger partial charge on any atom is -0.398 e. The molecule has 4 heteroatoms. The van der Waals surface area contributed by atoms with Crippen LogP contribution in [-0.4, -0.2) is 35.1 Å². The van der Waals surface area contributed by atoms with Crippen LogP contribution < -0.4 is 5.73 Å². The predicted molar refractivity (Wildman–Crippen MR) is 71.5 cm³/mol. The number of amides is 1. The maximum atomic E-state index is 12.4. The number of aliphatic hydroxyl groups excluding tert-OH is 1. The molecule has 0 saturated carbocycles. The van der Waals surface area contributed by atoms with Gasteiger partial charge in [-0.15, -0.1) is 0 Å². The average molecular weight is 248 g/mol. The van der Waals surface area contributed by atoms with Crippen LogP contribution in [0.5, 0.6) is 0 Å². The largest absolute Gasteiger partial charge is 0.398 e. The van der Waals surface area contributed by atoms with Crippen LogP contribution in [0.3, 0.4) is 0 Å². The molecule has 0 aliphatic carbocycles. The molecule has 0 unspecified atom stereocenters. The van der Waals surface area contributed by atoms with Gasteiger partial charge in [-0.3, -0.25) is 4.79 Å². The summed E-state index contributed by atoms with van der Waals surface area (Å²) in [6.45, 7) is 4.68. The number of nitrogens with zero attached hydrogens (tertiary/aromatic N) is 1. The van der Waals surface area contributed by atoms with Crippen molar-refractivity contribution in [2.45, 2.75) is 32.7 Å². The Kier molecular flexibility index (Phi) is 3.57. The molecule has 1 aliphatic rings. The van der Waals surface area contributed by atoms with Crippen LogP contribution >= 0.6 is 0 Å². The smallest absolute Gasteiger partial charge is 0.256 e. The number of hydrogen-bond acceptors (Lipinski definition) is 3. The Labute approximate surface area is 107 Å². The van der Waals surface area contributed by atoms with Crippen LogP contribution in [0.2, 0.25) is 0 Å². The number of rotatable bonds is 2. The highest BCUT2D eigenvalue weighted by atomic mass is 16.3. The first-order valence-corrected chi connectivity index (χ1v) is 6.33. The summed E-state index contributed by atoms with van der Waals surface area (Å²) in [5, 5.41) is 9.28. The molecule has 1 atom stereocenters. The molecule has 1 aliphatic heterocycles. The Morgan fingerprint density at radius 3 is 2.78 bits per heavy atom. The summed E-state index contributed by atoms with van der Waals surface area (Å²) in [7, 11) is 0. The van der Waals surface area contributed by atoms with Crippen molar-refractivity contribution >= 4 is 11.6 Å². The fraction of sp³-hybridized carbons (Fsp3) is 0.500. The van der Waals surface area contributed by atoms with Gasteiger partial charge >= 0.3 is 0 Å². The zero-order chi connectivity index (χ0) is 13.3. The highest BCUT2D eigenvalue weighted by molar-refractivity contribution is 5.99. The highest BCUT2D eigenvalue weighted by Gasteiger charge is 2.29. The molecule has 0 aromatic heterocycles. The minimum absolute atomic E-state index is 0.0243. The highest BCUT2D eigenvalue weighted by Crippen LogP contribution is 2.24. The number of hydrogen-bond donors (Lipinski definition) is 2. The standard InChI is InChI=1S/C14H20N2O2/c1-9-6-12(13(15)7-10(9)2)14(18)16-5-3-4-11(16)8-17/h6-7,11,17H,3-5,8,15H2,1-2H3/t11-/m0/s1. The van der Waals surface area contributed by atoms with Crippen LogP contribution in [0.1, 0.15) is 34.3 Å². The fourth-order valence-corrected chi connectivity index (χ4v) is 2.47. The normalized spacial score (nSPS) is 19.3. The first-order chi connectivity index (χ1) is 8.54. The monoisotopic (exact) mass is 248 g/mol. The molecule has 0 radical (unpaired) electrons. The van der Waals surface area contributed by atoms with Crippen molar-refractivity contribution in [3.05, 3.63) is 28.8 Å². The number of anilines is 1. The molecule has 0 spiro atoms. The maximum Gasteiger partial charge on any atom is 0.256 e. The van der Waals surface area contributed by atoms with E-state index in [-0.39, 0.29) is 18.6 Å². The van der Waals surface area contributed by atoms with Crippen LogP contribution in [0.25, 0.3) is 0 Å². The van der Waals surface area contributed by atoms with Gasteiger partial charge in [-0.1, -0.05) is 0 Å². The second-order valence-electron chi connectivity index (χ2n) is 5.00. The molecule has 2 rings (SSSR count). The van der Waals surface area contributed by atoms with E-state index < -0.39 is 0 Å². The summed E-state index contributed by atoms with van der Waals surface area (Å²) in [5.41, 5.74) is 9.16. The van der Waals surface area contributed by atoms with Gasteiger partial charge in [-0.05, 0) is 49.9 Å². The van der Waals surface area contributed by atoms with Gasteiger partial charge in [-0.2, -0.15) is 0 Å². The fourth-order valence-electron chi connectivity index (χ4n) is 2.47. The zero-order valence-electron chi connectivity index (χ0n) is 10.9. The zero-order valence-corrected chi connectivity index (χ0v) is 10.9. The molecule has 4 nitrogen and oxygen atoms in total. The van der Waals surface area contributed by atoms with Crippen LogP contribution in [-0.2, 0) is 0 Å². The summed E-state index contributed by atoms with van der Waals surface area (Å²) in [5.74, 6) is -0.0628. The molecule has 1 aromatic rings. The Morgan fingerprint density at radius 1 is 1.44 bits per heavy atom. The van der Waals surface area contributed by atoms with E-state index >= 15 is 0 Å². The lowest BCUT2D eigenvalue weighted by atomic mass is 10.0. The molecule has 1 amide bonds. The Morgan fingerprint density at radius 2 is 2.11 bits per heavy atom. The first kappa shape index (κ1) is 12.9. The molecule has 18 heavy (non-hydrogen) atoms. The third-order valence-electron chi connectivity index (χ3n) is 3.75. The van der Waals surface area contributed by atoms with Crippen LogP contribution in [0, 0.1) is 13.8 Å². The van der Waals surface area contributed by atoms with E-state index in [4.69, 9.17) is 5.73 Å². The Hall–Kier alpha value is -1.55. The third-order valence-corrected chi connectivity index (χ3v) is 3.75. The van der Waals surface area contributed by atoms with E-state index in [1.54, 1.807) is 4.90 Å². The van der Waals surface area contributed by atoms with Crippen molar-refractivity contribution < 1.29 is 9.90 Å². The van der Waals surface area contributed by atoms with Crippen molar-refractivity contribution in [2.24, 2.45) is 0 Å². The molecule has 98 valence electrons. The van der Waals surface area contributed by atoms with Crippen LogP contribution in [0.15, 0.2) is 12.1 Å². The van der Waals surface area contributed by atoms with Crippen molar-refractivity contribution in [3.63, 3.8) is 0 Å². The number of carbonyl (C=O) groups excluding carboxylic acids is 1. The molecule has 0 bridgehead atoms. The molecule has 1 heterocycles. The van der Waals surface area contributed by atoms with Crippen LogP contribution in [0.4, 0.5) is 5.69 Å². The number of likely N-dealkylation sites (tertiary alicyclic amines) is 1. The van der Waals surface area contributed by atoms with Gasteiger partial charge in [-0.25, -0.2) is 0 Å². The van der Waals surface area contributed by atoms with Gasteiger partial charge in [0.15, 0.2) is 0 Å². The predicted octanol–water partition coefficient (Wildman–Crippen LogP) is 1.48. The Balaban J connectivity index is 2.31. The summed E-state index contributed by atoms with van der Waals surface area (Å²) < 4.78 is 0. The quantitative estimate of drug-likeness (QED) is 0.779. The molecular weight excluding hydrogens is 228 g/mol. The topological polar surface area (TPSA) is 66.6 Å². The van der Waals surface area contributed by atoms with E-state index in [0.29, 0.717) is 17.8 Å². The van der Waals surface area contributed by atoms with Gasteiger partial charge in [0.05, 0.1) is 18.2 Å². The van der Waals surface area contributed by atoms with E-state index in [9.17, 15) is 9.90 Å². The van der Waals surface area contributed by atoms with Gasteiger partial charge < -0.3 is 15.7 Å². The summed E-state index contributed by atoms with van der Waals surface area (Å²) in [4.78, 5) is 14.2. The minimum atomic E-state index is -0.0628. The van der Waals surface area contributed by atoms with E-state index in [1.807, 2.05) is 26.0 Å². The van der Waals surface area contributed by atoms with Gasteiger partial charge in [0, 0.05) is 12.2 Å². The lowest BCUT2D eigenvalue weighted by Crippen LogP contribution is -2.38. The van der Waals surface area contributed by atoms with E-state index in [0.717, 1.165) is 24.0 Å².